The van der Waals surface area contributed by atoms with E-state index < -0.39 is 5.60 Å². The zero-order valence-electron chi connectivity index (χ0n) is 12.1. The average Bonchev–Trinajstić information content (AvgIpc) is 2.40. The van der Waals surface area contributed by atoms with Gasteiger partial charge in [0.15, 0.2) is 0 Å². The maximum Gasteiger partial charge on any atom is 0.314 e. The van der Waals surface area contributed by atoms with Crippen molar-refractivity contribution in [2.24, 2.45) is 5.92 Å². The van der Waals surface area contributed by atoms with E-state index in [2.05, 4.69) is 10.6 Å². The topological polar surface area (TPSA) is 61.4 Å². The number of aliphatic hydroxyl groups is 1. The van der Waals surface area contributed by atoms with Gasteiger partial charge in [-0.15, -0.1) is 0 Å². The molecule has 0 heterocycles. The second kappa shape index (κ2) is 6.75. The van der Waals surface area contributed by atoms with Gasteiger partial charge in [-0.1, -0.05) is 49.6 Å². The number of hydrogen-bond donors (Lipinski definition) is 3. The van der Waals surface area contributed by atoms with Crippen LogP contribution < -0.4 is 10.6 Å². The molecule has 1 atom stereocenters. The number of rotatable bonds is 6. The summed E-state index contributed by atoms with van der Waals surface area (Å²) in [6.45, 7) is 2.62. The van der Waals surface area contributed by atoms with Crippen LogP contribution in [-0.4, -0.2) is 24.2 Å². The Balaban J connectivity index is 1.69. The smallest absolute Gasteiger partial charge is 0.314 e. The van der Waals surface area contributed by atoms with Crippen molar-refractivity contribution in [1.82, 2.24) is 10.6 Å². The van der Waals surface area contributed by atoms with Crippen molar-refractivity contribution in [3.63, 3.8) is 0 Å². The Morgan fingerprint density at radius 3 is 2.60 bits per heavy atom. The Bertz CT molecular complexity index is 427. The van der Waals surface area contributed by atoms with Crippen LogP contribution in [0, 0.1) is 5.92 Å². The minimum atomic E-state index is -1.05. The van der Waals surface area contributed by atoms with Crippen molar-refractivity contribution in [2.75, 3.05) is 13.1 Å². The number of amides is 2. The first kappa shape index (κ1) is 14.9. The monoisotopic (exact) mass is 276 g/mol. The molecule has 2 rings (SSSR count). The van der Waals surface area contributed by atoms with Crippen molar-refractivity contribution in [3.05, 3.63) is 35.9 Å². The van der Waals surface area contributed by atoms with Gasteiger partial charge in [0.1, 0.15) is 5.60 Å². The van der Waals surface area contributed by atoms with Crippen LogP contribution in [0.4, 0.5) is 4.79 Å². The van der Waals surface area contributed by atoms with Crippen LogP contribution in [0.1, 0.15) is 38.2 Å². The molecule has 1 saturated carbocycles. The summed E-state index contributed by atoms with van der Waals surface area (Å²) in [7, 11) is 0. The van der Waals surface area contributed by atoms with Gasteiger partial charge < -0.3 is 15.7 Å². The van der Waals surface area contributed by atoms with E-state index >= 15 is 0 Å². The fourth-order valence-corrected chi connectivity index (χ4v) is 2.39. The lowest BCUT2D eigenvalue weighted by atomic mass is 9.83. The van der Waals surface area contributed by atoms with Crippen molar-refractivity contribution in [2.45, 2.75) is 38.2 Å². The number of urea groups is 1. The van der Waals surface area contributed by atoms with E-state index in [4.69, 9.17) is 0 Å². The molecule has 110 valence electrons. The summed E-state index contributed by atoms with van der Waals surface area (Å²) < 4.78 is 0. The highest BCUT2D eigenvalue weighted by atomic mass is 16.3. The number of carbonyl (C=O) groups excluding carboxylic acids is 1. The van der Waals surface area contributed by atoms with Gasteiger partial charge in [0.05, 0.1) is 6.54 Å². The molecule has 1 aromatic rings. The van der Waals surface area contributed by atoms with E-state index in [1.165, 1.54) is 19.3 Å². The fourth-order valence-electron chi connectivity index (χ4n) is 2.39. The molecule has 4 nitrogen and oxygen atoms in total. The van der Waals surface area contributed by atoms with E-state index in [1.807, 2.05) is 30.3 Å². The van der Waals surface area contributed by atoms with E-state index in [1.54, 1.807) is 6.92 Å². The lowest BCUT2D eigenvalue weighted by Crippen LogP contribution is -2.44. The number of nitrogens with one attached hydrogen (secondary N) is 2. The maximum absolute atomic E-state index is 11.7. The molecule has 0 saturated heterocycles. The lowest BCUT2D eigenvalue weighted by Gasteiger charge is -2.26. The predicted octanol–water partition coefficient (Wildman–Crippen LogP) is 2.38. The van der Waals surface area contributed by atoms with E-state index in [0.717, 1.165) is 17.9 Å². The molecule has 1 fully saturated rings. The zero-order chi connectivity index (χ0) is 14.4. The third-order valence-electron chi connectivity index (χ3n) is 4.05. The number of benzene rings is 1. The first-order chi connectivity index (χ1) is 9.58. The minimum absolute atomic E-state index is 0.201. The molecular formula is C16H24N2O2. The zero-order valence-corrected chi connectivity index (χ0v) is 12.1. The van der Waals surface area contributed by atoms with E-state index in [-0.39, 0.29) is 12.6 Å². The fraction of sp³-hybridized carbons (Fsp3) is 0.562. The van der Waals surface area contributed by atoms with Crippen molar-refractivity contribution < 1.29 is 9.90 Å². The molecule has 0 spiro atoms. The molecule has 0 bridgehead atoms. The van der Waals surface area contributed by atoms with Crippen LogP contribution >= 0.6 is 0 Å². The lowest BCUT2D eigenvalue weighted by molar-refractivity contribution is 0.0593. The van der Waals surface area contributed by atoms with Gasteiger partial charge in [-0.3, -0.25) is 0 Å². The minimum Gasteiger partial charge on any atom is -0.384 e. The molecule has 1 aliphatic carbocycles. The molecule has 0 aliphatic heterocycles. The third-order valence-corrected chi connectivity index (χ3v) is 4.05. The summed E-state index contributed by atoms with van der Waals surface area (Å²) in [5.41, 5.74) is -0.248. The van der Waals surface area contributed by atoms with E-state index in [9.17, 15) is 9.90 Å². The van der Waals surface area contributed by atoms with Gasteiger partial charge in [-0.05, 0) is 24.8 Å². The Labute approximate surface area is 120 Å². The molecule has 4 heteroatoms. The van der Waals surface area contributed by atoms with Crippen LogP contribution in [0.2, 0.25) is 0 Å². The first-order valence-corrected chi connectivity index (χ1v) is 7.37. The van der Waals surface area contributed by atoms with Crippen molar-refractivity contribution >= 4 is 6.03 Å². The molecule has 1 aromatic carbocycles. The van der Waals surface area contributed by atoms with Crippen LogP contribution in [0.25, 0.3) is 0 Å². The normalized spacial score (nSPS) is 17.9. The summed E-state index contributed by atoms with van der Waals surface area (Å²) in [5, 5.41) is 15.9. The van der Waals surface area contributed by atoms with Gasteiger partial charge in [0.2, 0.25) is 0 Å². The van der Waals surface area contributed by atoms with E-state index in [0.29, 0.717) is 6.54 Å². The molecule has 1 aliphatic rings. The molecule has 3 N–H and O–H groups in total. The largest absolute Gasteiger partial charge is 0.384 e. The van der Waals surface area contributed by atoms with Gasteiger partial charge in [-0.2, -0.15) is 0 Å². The molecule has 1 unspecified atom stereocenters. The van der Waals surface area contributed by atoms with Crippen LogP contribution in [0.3, 0.4) is 0 Å². The van der Waals surface area contributed by atoms with Gasteiger partial charge in [0, 0.05) is 6.54 Å². The SMILES string of the molecule is CC(O)(CNC(=O)NCCC1CCC1)c1ccccc1. The van der Waals surface area contributed by atoms with Crippen molar-refractivity contribution in [3.8, 4) is 0 Å². The highest BCUT2D eigenvalue weighted by Crippen LogP contribution is 2.28. The van der Waals surface area contributed by atoms with Gasteiger partial charge in [0.25, 0.3) is 0 Å². The second-order valence-electron chi connectivity index (χ2n) is 5.83. The Morgan fingerprint density at radius 2 is 2.00 bits per heavy atom. The van der Waals surface area contributed by atoms with Gasteiger partial charge >= 0.3 is 6.03 Å². The standard InChI is InChI=1S/C16H24N2O2/c1-16(20,14-8-3-2-4-9-14)12-18-15(19)17-11-10-13-6-5-7-13/h2-4,8-9,13,20H,5-7,10-12H2,1H3,(H2,17,18,19). The quantitative estimate of drug-likeness (QED) is 0.747. The summed E-state index contributed by atoms with van der Waals surface area (Å²) >= 11 is 0. The molecule has 0 aromatic heterocycles. The van der Waals surface area contributed by atoms with Crippen LogP contribution in [0.5, 0.6) is 0 Å². The van der Waals surface area contributed by atoms with Gasteiger partial charge in [-0.25, -0.2) is 4.79 Å². The Kier molecular flexibility index (Phi) is 5.01. The van der Waals surface area contributed by atoms with Crippen LogP contribution in [-0.2, 0) is 5.60 Å². The highest BCUT2D eigenvalue weighted by Gasteiger charge is 2.23. The first-order valence-electron chi connectivity index (χ1n) is 7.37. The van der Waals surface area contributed by atoms with Crippen LogP contribution in [0.15, 0.2) is 30.3 Å². The third kappa shape index (κ3) is 4.23. The highest BCUT2D eigenvalue weighted by molar-refractivity contribution is 5.73. The predicted molar refractivity (Wildman–Crippen MR) is 79.4 cm³/mol. The second-order valence-corrected chi connectivity index (χ2v) is 5.83. The molecular weight excluding hydrogens is 252 g/mol. The number of hydrogen-bond acceptors (Lipinski definition) is 2. The number of carbonyl (C=O) groups is 1. The summed E-state index contributed by atoms with van der Waals surface area (Å²) in [4.78, 5) is 11.7. The molecule has 20 heavy (non-hydrogen) atoms. The summed E-state index contributed by atoms with van der Waals surface area (Å²) in [6, 6.07) is 9.16. The molecule has 2 amide bonds. The summed E-state index contributed by atoms with van der Waals surface area (Å²) in [6.07, 6.45) is 4.98. The van der Waals surface area contributed by atoms with Crippen molar-refractivity contribution in [1.29, 1.82) is 0 Å². The Hall–Kier alpha value is -1.55. The summed E-state index contributed by atoms with van der Waals surface area (Å²) in [5.74, 6) is 0.794. The maximum atomic E-state index is 11.7. The average molecular weight is 276 g/mol. The Morgan fingerprint density at radius 1 is 1.30 bits per heavy atom. The molecule has 0 radical (unpaired) electrons.